The van der Waals surface area contributed by atoms with Crippen molar-refractivity contribution in [1.29, 1.82) is 0 Å². The molecule has 2 aromatic heterocycles. The Morgan fingerprint density at radius 1 is 1.27 bits per heavy atom. The van der Waals surface area contributed by atoms with Crippen LogP contribution in [0.4, 0.5) is 5.82 Å². The number of aryl methyl sites for hydroxylation is 1. The molecular weight excluding hydrogens is 404 g/mol. The van der Waals surface area contributed by atoms with Crippen molar-refractivity contribution >= 4 is 29.2 Å². The molecule has 1 aliphatic rings. The highest BCUT2D eigenvalue weighted by atomic mass is 35.5. The Morgan fingerprint density at radius 3 is 2.57 bits per heavy atom. The summed E-state index contributed by atoms with van der Waals surface area (Å²) in [5.74, 6) is 1.16. The van der Waals surface area contributed by atoms with Gasteiger partial charge in [0.25, 0.3) is 5.91 Å². The average Bonchev–Trinajstić information content (AvgIpc) is 2.73. The van der Waals surface area contributed by atoms with Crippen LogP contribution in [-0.2, 0) is 11.2 Å². The van der Waals surface area contributed by atoms with E-state index in [0.717, 1.165) is 31.2 Å². The molecule has 1 atom stereocenters. The summed E-state index contributed by atoms with van der Waals surface area (Å²) in [6.07, 6.45) is 6.56. The van der Waals surface area contributed by atoms with Crippen molar-refractivity contribution in [3.05, 3.63) is 46.6 Å². The Bertz CT molecular complexity index is 877. The molecule has 1 aliphatic heterocycles. The zero-order valence-corrected chi connectivity index (χ0v) is 18.0. The highest BCUT2D eigenvalue weighted by Gasteiger charge is 2.27. The van der Waals surface area contributed by atoms with Crippen molar-refractivity contribution in [2.75, 3.05) is 18.8 Å². The topological polar surface area (TPSA) is 114 Å². The fraction of sp³-hybridized carbons (Fsp3) is 0.476. The molecular formula is C21H27ClN6O2. The quantitative estimate of drug-likeness (QED) is 0.680. The molecule has 0 saturated carbocycles. The Morgan fingerprint density at radius 2 is 1.93 bits per heavy atom. The lowest BCUT2D eigenvalue weighted by Crippen LogP contribution is -2.49. The Kier molecular flexibility index (Phi) is 7.20. The molecule has 2 amide bonds. The number of amides is 2. The second-order valence-corrected chi connectivity index (χ2v) is 8.02. The van der Waals surface area contributed by atoms with E-state index in [4.69, 9.17) is 17.3 Å². The summed E-state index contributed by atoms with van der Waals surface area (Å²) in [6.45, 7) is 4.83. The summed E-state index contributed by atoms with van der Waals surface area (Å²) in [5, 5.41) is 3.19. The molecule has 3 rings (SSSR count). The first-order valence-electron chi connectivity index (χ1n) is 10.1. The van der Waals surface area contributed by atoms with Gasteiger partial charge in [0.05, 0.1) is 0 Å². The minimum atomic E-state index is -0.578. The molecule has 0 aliphatic carbocycles. The number of anilines is 1. The third kappa shape index (κ3) is 5.44. The van der Waals surface area contributed by atoms with Crippen LogP contribution in [-0.4, -0.2) is 50.8 Å². The third-order valence-electron chi connectivity index (χ3n) is 5.49. The lowest BCUT2D eigenvalue weighted by atomic mass is 9.90. The molecule has 0 radical (unpaired) electrons. The highest BCUT2D eigenvalue weighted by molar-refractivity contribution is 6.30. The van der Waals surface area contributed by atoms with Crippen molar-refractivity contribution in [2.45, 2.75) is 45.6 Å². The molecule has 0 bridgehead atoms. The van der Waals surface area contributed by atoms with E-state index in [1.165, 1.54) is 0 Å². The van der Waals surface area contributed by atoms with Crippen LogP contribution in [0, 0.1) is 12.8 Å². The number of aromatic nitrogens is 3. The number of nitrogens with one attached hydrogen (secondary N) is 1. The maximum atomic E-state index is 12.7. The molecule has 0 aromatic carbocycles. The zero-order chi connectivity index (χ0) is 21.7. The number of likely N-dealkylation sites (tertiary alicyclic amines) is 1. The summed E-state index contributed by atoms with van der Waals surface area (Å²) >= 11 is 6.22. The van der Waals surface area contributed by atoms with Crippen LogP contribution in [0.1, 0.15) is 47.9 Å². The first kappa shape index (κ1) is 22.0. The number of piperidine rings is 1. The molecule has 3 N–H and O–H groups in total. The molecule has 0 unspecified atom stereocenters. The number of rotatable bonds is 6. The summed E-state index contributed by atoms with van der Waals surface area (Å²) in [4.78, 5) is 39.1. The van der Waals surface area contributed by atoms with Gasteiger partial charge in [-0.1, -0.05) is 11.6 Å². The smallest absolute Gasteiger partial charge is 0.252 e. The number of carbonyl (C=O) groups excluding carboxylic acids is 2. The number of nitrogens with two attached hydrogens (primary N) is 1. The molecule has 1 saturated heterocycles. The summed E-state index contributed by atoms with van der Waals surface area (Å²) in [7, 11) is 0. The number of halogens is 1. The van der Waals surface area contributed by atoms with Crippen LogP contribution in [0.5, 0.6) is 0 Å². The number of nitrogen functional groups attached to an aromatic ring is 1. The largest absolute Gasteiger partial charge is 0.383 e. The van der Waals surface area contributed by atoms with Crippen molar-refractivity contribution in [3.8, 4) is 0 Å². The van der Waals surface area contributed by atoms with Gasteiger partial charge < -0.3 is 16.0 Å². The molecule has 2 aromatic rings. The molecule has 0 spiro atoms. The molecule has 3 heterocycles. The van der Waals surface area contributed by atoms with Crippen LogP contribution in [0.3, 0.4) is 0 Å². The van der Waals surface area contributed by atoms with E-state index in [2.05, 4.69) is 20.3 Å². The normalized spacial score (nSPS) is 15.6. The SMILES string of the molecule is Cc1nc(N)c(CCC2CCN(C(=O)[C@H](C)NC(=O)c3ccncc3)CC2)c(Cl)n1. The molecule has 9 heteroatoms. The number of carbonyl (C=O) groups is 2. The maximum absolute atomic E-state index is 12.7. The van der Waals surface area contributed by atoms with Gasteiger partial charge in [-0.3, -0.25) is 14.6 Å². The minimum absolute atomic E-state index is 0.0601. The van der Waals surface area contributed by atoms with E-state index in [9.17, 15) is 9.59 Å². The van der Waals surface area contributed by atoms with Crippen LogP contribution < -0.4 is 11.1 Å². The molecule has 8 nitrogen and oxygen atoms in total. The maximum Gasteiger partial charge on any atom is 0.252 e. The first-order chi connectivity index (χ1) is 14.3. The predicted octanol–water partition coefficient (Wildman–Crippen LogP) is 2.41. The van der Waals surface area contributed by atoms with Gasteiger partial charge >= 0.3 is 0 Å². The van der Waals surface area contributed by atoms with Gasteiger partial charge in [-0.25, -0.2) is 9.97 Å². The van der Waals surface area contributed by atoms with E-state index in [1.807, 2.05) is 4.90 Å². The van der Waals surface area contributed by atoms with Gasteiger partial charge in [0.15, 0.2) is 0 Å². The Labute approximate surface area is 181 Å². The predicted molar refractivity (Wildman–Crippen MR) is 115 cm³/mol. The number of hydrogen-bond acceptors (Lipinski definition) is 6. The summed E-state index contributed by atoms with van der Waals surface area (Å²) < 4.78 is 0. The monoisotopic (exact) mass is 430 g/mol. The van der Waals surface area contributed by atoms with Crippen LogP contribution >= 0.6 is 11.6 Å². The Hall–Kier alpha value is -2.74. The lowest BCUT2D eigenvalue weighted by molar-refractivity contribution is -0.134. The average molecular weight is 431 g/mol. The minimum Gasteiger partial charge on any atom is -0.383 e. The summed E-state index contributed by atoms with van der Waals surface area (Å²) in [5.41, 5.74) is 7.27. The van der Waals surface area contributed by atoms with Crippen molar-refractivity contribution in [3.63, 3.8) is 0 Å². The lowest BCUT2D eigenvalue weighted by Gasteiger charge is -2.33. The number of pyridine rings is 1. The van der Waals surface area contributed by atoms with Gasteiger partial charge in [0.1, 0.15) is 22.8 Å². The van der Waals surface area contributed by atoms with E-state index < -0.39 is 6.04 Å². The second kappa shape index (κ2) is 9.84. The number of nitrogens with zero attached hydrogens (tertiary/aromatic N) is 4. The highest BCUT2D eigenvalue weighted by Crippen LogP contribution is 2.26. The Balaban J connectivity index is 1.47. The van der Waals surface area contributed by atoms with E-state index in [0.29, 0.717) is 41.4 Å². The molecule has 160 valence electrons. The fourth-order valence-corrected chi connectivity index (χ4v) is 4.04. The molecule has 30 heavy (non-hydrogen) atoms. The van der Waals surface area contributed by atoms with Gasteiger partial charge in [0, 0.05) is 36.6 Å². The zero-order valence-electron chi connectivity index (χ0n) is 17.3. The van der Waals surface area contributed by atoms with E-state index in [-0.39, 0.29) is 11.8 Å². The van der Waals surface area contributed by atoms with E-state index >= 15 is 0 Å². The standard InChI is InChI=1S/C21H27ClN6O2/c1-13(25-20(29)16-5-9-24-10-6-16)21(30)28-11-7-15(8-12-28)3-4-17-18(22)26-14(2)27-19(17)23/h5-6,9-10,13,15H,3-4,7-8,11-12H2,1-2H3,(H,25,29)(H2,23,26,27)/t13-/m0/s1. The summed E-state index contributed by atoms with van der Waals surface area (Å²) in [6, 6.07) is 2.66. The fourth-order valence-electron chi connectivity index (χ4n) is 3.72. The van der Waals surface area contributed by atoms with Crippen LogP contribution in [0.2, 0.25) is 5.15 Å². The van der Waals surface area contributed by atoms with Gasteiger partial charge in [-0.2, -0.15) is 0 Å². The third-order valence-corrected chi connectivity index (χ3v) is 5.80. The molecule has 1 fully saturated rings. The van der Waals surface area contributed by atoms with E-state index in [1.54, 1.807) is 38.4 Å². The van der Waals surface area contributed by atoms with Crippen molar-refractivity contribution < 1.29 is 9.59 Å². The van der Waals surface area contributed by atoms with Crippen molar-refractivity contribution in [1.82, 2.24) is 25.2 Å². The van der Waals surface area contributed by atoms with Crippen LogP contribution in [0.25, 0.3) is 0 Å². The van der Waals surface area contributed by atoms with Gasteiger partial charge in [0.2, 0.25) is 5.91 Å². The van der Waals surface area contributed by atoms with Gasteiger partial charge in [-0.05, 0) is 57.6 Å². The van der Waals surface area contributed by atoms with Crippen LogP contribution in [0.15, 0.2) is 24.5 Å². The second-order valence-electron chi connectivity index (χ2n) is 7.66. The first-order valence-corrected chi connectivity index (χ1v) is 10.5. The number of hydrogen-bond donors (Lipinski definition) is 2. The van der Waals surface area contributed by atoms with Gasteiger partial charge in [-0.15, -0.1) is 0 Å². The van der Waals surface area contributed by atoms with Crippen molar-refractivity contribution in [2.24, 2.45) is 5.92 Å².